The zero-order valence-electron chi connectivity index (χ0n) is 12.1. The molecule has 2 aromatic rings. The maximum Gasteiger partial charge on any atom is 0.320 e. The minimum absolute atomic E-state index is 0.196. The van der Waals surface area contributed by atoms with Crippen molar-refractivity contribution in [2.75, 3.05) is 5.32 Å². The van der Waals surface area contributed by atoms with Crippen LogP contribution in [0, 0.1) is 17.2 Å². The van der Waals surface area contributed by atoms with Gasteiger partial charge in [0.25, 0.3) is 0 Å². The molecule has 3 atom stereocenters. The first kappa shape index (κ1) is 14.2. The van der Waals surface area contributed by atoms with Crippen molar-refractivity contribution >= 4 is 27.8 Å². The molecule has 0 saturated heterocycles. The number of carbonyl (C=O) groups is 1. The van der Waals surface area contributed by atoms with E-state index in [1.165, 1.54) is 17.3 Å². The molecule has 2 aliphatic rings. The van der Waals surface area contributed by atoms with Gasteiger partial charge in [-0.2, -0.15) is 5.26 Å². The number of urea groups is 1. The first-order valence-electron chi connectivity index (χ1n) is 7.38. The maximum atomic E-state index is 12.1. The number of benzene rings is 1. The lowest BCUT2D eigenvalue weighted by Gasteiger charge is -2.11. The largest absolute Gasteiger partial charge is 0.334 e. The highest BCUT2D eigenvalue weighted by Crippen LogP contribution is 2.56. The highest BCUT2D eigenvalue weighted by molar-refractivity contribution is 9.10. The molecule has 1 saturated carbocycles. The quantitative estimate of drug-likeness (QED) is 0.854. The predicted octanol–water partition coefficient (Wildman–Crippen LogP) is 3.18. The molecule has 1 heterocycles. The van der Waals surface area contributed by atoms with E-state index < -0.39 is 0 Å². The summed E-state index contributed by atoms with van der Waals surface area (Å²) in [6.45, 7) is 0. The normalized spacial score (nSPS) is 23.4. The van der Waals surface area contributed by atoms with Gasteiger partial charge >= 0.3 is 6.03 Å². The monoisotopic (exact) mass is 368 g/mol. The SMILES string of the molecule is N#Cc1ccc(NC(=O)NC2[C@H]3Cc4cc(Br)ccc4[C@@H]23)nc1. The molecule has 2 N–H and O–H groups in total. The number of carbonyl (C=O) groups excluding carboxylic acids is 1. The molecule has 1 aromatic heterocycles. The molecule has 0 spiro atoms. The zero-order valence-corrected chi connectivity index (χ0v) is 13.7. The summed E-state index contributed by atoms with van der Waals surface area (Å²) in [5, 5.41) is 14.5. The summed E-state index contributed by atoms with van der Waals surface area (Å²) in [6, 6.07) is 11.6. The van der Waals surface area contributed by atoms with Gasteiger partial charge in [0.05, 0.1) is 5.56 Å². The van der Waals surface area contributed by atoms with Gasteiger partial charge in [0.15, 0.2) is 0 Å². The summed E-state index contributed by atoms with van der Waals surface area (Å²) in [6.07, 6.45) is 2.45. The molecule has 5 nitrogen and oxygen atoms in total. The molecule has 1 aromatic carbocycles. The van der Waals surface area contributed by atoms with Gasteiger partial charge in [0.2, 0.25) is 0 Å². The molecule has 4 rings (SSSR count). The number of rotatable bonds is 2. The molecule has 0 bridgehead atoms. The molecular formula is C17H13BrN4O. The van der Waals surface area contributed by atoms with E-state index >= 15 is 0 Å². The first-order chi connectivity index (χ1) is 11.2. The van der Waals surface area contributed by atoms with Crippen LogP contribution in [-0.4, -0.2) is 17.1 Å². The summed E-state index contributed by atoms with van der Waals surface area (Å²) in [5.74, 6) is 1.37. The Balaban J connectivity index is 1.38. The third-order valence-electron chi connectivity index (χ3n) is 4.52. The highest BCUT2D eigenvalue weighted by atomic mass is 79.9. The molecule has 0 aliphatic heterocycles. The Hall–Kier alpha value is -2.39. The number of nitrogens with one attached hydrogen (secondary N) is 2. The maximum absolute atomic E-state index is 12.1. The van der Waals surface area contributed by atoms with Gasteiger partial charge in [-0.3, -0.25) is 5.32 Å². The van der Waals surface area contributed by atoms with Crippen LogP contribution in [0.1, 0.15) is 22.6 Å². The molecule has 1 unspecified atom stereocenters. The Labute approximate surface area is 141 Å². The van der Waals surface area contributed by atoms with Crippen molar-refractivity contribution < 1.29 is 4.79 Å². The second-order valence-electron chi connectivity index (χ2n) is 5.91. The standard InChI is InChI=1S/C17H13BrN4O/c18-11-2-3-12-10(5-11)6-13-15(12)16(13)22-17(23)21-14-4-1-9(7-19)8-20-14/h1-5,8,13,15-16H,6H2,(H2,20,21,22,23)/t13-,15+,16?/m0/s1. The van der Waals surface area contributed by atoms with E-state index in [0.717, 1.165) is 10.9 Å². The number of hydrogen-bond acceptors (Lipinski definition) is 3. The van der Waals surface area contributed by atoms with E-state index in [9.17, 15) is 4.79 Å². The van der Waals surface area contributed by atoms with E-state index in [4.69, 9.17) is 5.26 Å². The number of aromatic nitrogens is 1. The fourth-order valence-corrected chi connectivity index (χ4v) is 3.83. The Bertz CT molecular complexity index is 827. The number of fused-ring (bicyclic) bond motifs is 3. The van der Waals surface area contributed by atoms with Crippen LogP contribution < -0.4 is 10.6 Å². The molecular weight excluding hydrogens is 356 g/mol. The first-order valence-corrected chi connectivity index (χ1v) is 8.17. The van der Waals surface area contributed by atoms with Gasteiger partial charge in [0, 0.05) is 22.6 Å². The van der Waals surface area contributed by atoms with Crippen LogP contribution in [0.5, 0.6) is 0 Å². The van der Waals surface area contributed by atoms with Gasteiger partial charge in [-0.15, -0.1) is 0 Å². The summed E-state index contributed by atoms with van der Waals surface area (Å²) in [4.78, 5) is 16.1. The Morgan fingerprint density at radius 2 is 2.22 bits per heavy atom. The Morgan fingerprint density at radius 3 is 2.96 bits per heavy atom. The van der Waals surface area contributed by atoms with Crippen LogP contribution in [-0.2, 0) is 6.42 Å². The van der Waals surface area contributed by atoms with Crippen molar-refractivity contribution in [3.05, 3.63) is 57.7 Å². The van der Waals surface area contributed by atoms with Crippen LogP contribution in [0.4, 0.5) is 10.6 Å². The third kappa shape index (κ3) is 2.57. The number of nitrogens with zero attached hydrogens (tertiary/aromatic N) is 2. The minimum atomic E-state index is -0.250. The summed E-state index contributed by atoms with van der Waals surface area (Å²) >= 11 is 3.50. The summed E-state index contributed by atoms with van der Waals surface area (Å²) < 4.78 is 1.10. The fraction of sp³-hybridized carbons (Fsp3) is 0.235. The van der Waals surface area contributed by atoms with Crippen LogP contribution in [0.2, 0.25) is 0 Å². The number of nitriles is 1. The predicted molar refractivity (Wildman–Crippen MR) is 89.0 cm³/mol. The van der Waals surface area contributed by atoms with Gasteiger partial charge in [0.1, 0.15) is 11.9 Å². The number of anilines is 1. The van der Waals surface area contributed by atoms with Crippen LogP contribution in [0.15, 0.2) is 41.0 Å². The summed E-state index contributed by atoms with van der Waals surface area (Å²) in [7, 11) is 0. The molecule has 0 radical (unpaired) electrons. The molecule has 2 amide bonds. The minimum Gasteiger partial charge on any atom is -0.334 e. The average molecular weight is 369 g/mol. The van der Waals surface area contributed by atoms with E-state index in [-0.39, 0.29) is 12.1 Å². The van der Waals surface area contributed by atoms with Gasteiger partial charge in [-0.1, -0.05) is 22.0 Å². The number of amides is 2. The molecule has 23 heavy (non-hydrogen) atoms. The second kappa shape index (κ2) is 5.36. The summed E-state index contributed by atoms with van der Waals surface area (Å²) in [5.41, 5.74) is 3.19. The molecule has 2 aliphatic carbocycles. The Kier molecular flexibility index (Phi) is 3.31. The van der Waals surface area contributed by atoms with Gasteiger partial charge in [-0.25, -0.2) is 9.78 Å². The Morgan fingerprint density at radius 1 is 1.35 bits per heavy atom. The van der Waals surface area contributed by atoms with Crippen LogP contribution >= 0.6 is 15.9 Å². The van der Waals surface area contributed by atoms with Crippen LogP contribution in [0.3, 0.4) is 0 Å². The van der Waals surface area contributed by atoms with E-state index in [1.54, 1.807) is 12.1 Å². The van der Waals surface area contributed by atoms with Crippen molar-refractivity contribution in [3.63, 3.8) is 0 Å². The van der Waals surface area contributed by atoms with Crippen molar-refractivity contribution in [1.29, 1.82) is 5.26 Å². The topological polar surface area (TPSA) is 77.8 Å². The number of hydrogen-bond donors (Lipinski definition) is 2. The van der Waals surface area contributed by atoms with E-state index in [0.29, 0.717) is 23.2 Å². The molecule has 1 fully saturated rings. The lowest BCUT2D eigenvalue weighted by Crippen LogP contribution is -2.33. The second-order valence-corrected chi connectivity index (χ2v) is 6.82. The molecule has 6 heteroatoms. The zero-order chi connectivity index (χ0) is 16.0. The highest BCUT2D eigenvalue weighted by Gasteiger charge is 2.56. The van der Waals surface area contributed by atoms with E-state index in [1.807, 2.05) is 6.07 Å². The van der Waals surface area contributed by atoms with Crippen molar-refractivity contribution in [2.45, 2.75) is 18.4 Å². The third-order valence-corrected chi connectivity index (χ3v) is 5.01. The molecule has 114 valence electrons. The number of pyridine rings is 1. The number of halogens is 1. The van der Waals surface area contributed by atoms with Gasteiger partial charge < -0.3 is 5.32 Å². The smallest absolute Gasteiger partial charge is 0.320 e. The van der Waals surface area contributed by atoms with Crippen molar-refractivity contribution in [3.8, 4) is 6.07 Å². The van der Waals surface area contributed by atoms with Crippen molar-refractivity contribution in [1.82, 2.24) is 10.3 Å². The van der Waals surface area contributed by atoms with Gasteiger partial charge in [-0.05, 0) is 47.7 Å². The van der Waals surface area contributed by atoms with Crippen molar-refractivity contribution in [2.24, 2.45) is 5.92 Å². The lowest BCUT2D eigenvalue weighted by molar-refractivity contribution is 0.251. The average Bonchev–Trinajstić information content (AvgIpc) is 3.05. The van der Waals surface area contributed by atoms with E-state index in [2.05, 4.69) is 49.7 Å². The fourth-order valence-electron chi connectivity index (χ4n) is 3.42. The van der Waals surface area contributed by atoms with Crippen LogP contribution in [0.25, 0.3) is 0 Å². The lowest BCUT2D eigenvalue weighted by atomic mass is 10.1.